The number of hydrogen-bond donors (Lipinski definition) is 0. The van der Waals surface area contributed by atoms with Crippen molar-refractivity contribution in [2.75, 3.05) is 0 Å². The van der Waals surface area contributed by atoms with Gasteiger partial charge in [-0.1, -0.05) is 115 Å². The molecule has 0 spiro atoms. The van der Waals surface area contributed by atoms with Gasteiger partial charge in [0.1, 0.15) is 11.0 Å². The van der Waals surface area contributed by atoms with E-state index in [2.05, 4.69) is 127 Å². The average Bonchev–Trinajstić information content (AvgIpc) is 3.68. The molecule has 208 valence electrons. The van der Waals surface area contributed by atoms with Crippen molar-refractivity contribution in [3.63, 3.8) is 0 Å². The quantitative estimate of drug-likeness (QED) is 0.148. The molecule has 0 unspecified atom stereocenters. The first-order valence-corrected chi connectivity index (χ1v) is 15.5. The molecule has 5 heteroatoms. The van der Waals surface area contributed by atoms with E-state index in [4.69, 9.17) is 21.8 Å². The summed E-state index contributed by atoms with van der Waals surface area (Å²) in [6.07, 6.45) is 0. The van der Waals surface area contributed by atoms with Gasteiger partial charge in [-0.3, -0.25) is 0 Å². The maximum atomic E-state index is 7.42. The lowest BCUT2D eigenvalue weighted by Crippen LogP contribution is -2.03. The van der Waals surface area contributed by atoms with Gasteiger partial charge in [-0.25, -0.2) is 9.36 Å². The van der Waals surface area contributed by atoms with E-state index < -0.39 is 0 Å². The van der Waals surface area contributed by atoms with Crippen LogP contribution in [-0.2, 0) is 0 Å². The van der Waals surface area contributed by atoms with Gasteiger partial charge < -0.3 is 0 Å². The molecular weight excluding hydrogens is 572 g/mol. The first-order valence-electron chi connectivity index (χ1n) is 15.1. The fourth-order valence-corrected chi connectivity index (χ4v) is 8.14. The highest BCUT2D eigenvalue weighted by molar-refractivity contribution is 6.36. The normalized spacial score (nSPS) is 12.6. The lowest BCUT2D eigenvalue weighted by molar-refractivity contribution is 0.904. The number of aromatic nitrogens is 4. The van der Waals surface area contributed by atoms with Crippen molar-refractivity contribution in [3.8, 4) is 11.4 Å². The van der Waals surface area contributed by atoms with Crippen molar-refractivity contribution < 1.29 is 0 Å². The minimum absolute atomic E-state index is 0.603. The molecule has 0 fully saturated rings. The van der Waals surface area contributed by atoms with Gasteiger partial charge >= 0.3 is 0 Å². The van der Waals surface area contributed by atoms with Crippen LogP contribution in [-0.4, -0.2) is 19.6 Å². The fourth-order valence-electron chi connectivity index (χ4n) is 7.85. The lowest BCUT2D eigenvalue weighted by Gasteiger charge is -2.12. The van der Waals surface area contributed by atoms with Crippen LogP contribution in [0.2, 0.25) is 5.02 Å². The summed E-state index contributed by atoms with van der Waals surface area (Å²) >= 11 is 7.42. The van der Waals surface area contributed by atoms with Gasteiger partial charge in [0.15, 0.2) is 0 Å². The summed E-state index contributed by atoms with van der Waals surface area (Å²) in [6, 6.07) is 45.1. The molecule has 0 aliphatic carbocycles. The number of halogens is 1. The van der Waals surface area contributed by atoms with Crippen LogP contribution in [0, 0.1) is 0 Å². The summed E-state index contributed by atoms with van der Waals surface area (Å²) in [4.78, 5) is 0. The standard InChI is InChI=1S/C40H21ClN4/c41-38-32(44-30-20-18-22-8-5-14-26-24-10-1-3-12-28(24)39(42-44)36(30)34(22)26)16-7-17-33(38)45-31-21-19-23-9-6-15-27-25-11-2-4-13-29(25)40(43-45)37(31)35(23)27/h1-21H. The third-order valence-corrected chi connectivity index (χ3v) is 10.1. The number of benzene rings is 9. The molecule has 11 aromatic rings. The van der Waals surface area contributed by atoms with Gasteiger partial charge in [-0.2, -0.15) is 10.2 Å². The van der Waals surface area contributed by atoms with Crippen molar-refractivity contribution >= 4 is 98.3 Å². The summed E-state index contributed by atoms with van der Waals surface area (Å²) in [5, 5.41) is 25.6. The van der Waals surface area contributed by atoms with E-state index in [1.807, 2.05) is 9.36 Å². The summed E-state index contributed by atoms with van der Waals surface area (Å²) in [5.41, 5.74) is 5.69. The van der Waals surface area contributed by atoms with Gasteiger partial charge in [0.05, 0.1) is 27.4 Å². The van der Waals surface area contributed by atoms with Gasteiger partial charge in [0, 0.05) is 32.3 Å². The molecule has 2 aromatic heterocycles. The molecule has 0 aliphatic rings. The van der Waals surface area contributed by atoms with Crippen LogP contribution in [0.4, 0.5) is 0 Å². The highest BCUT2D eigenvalue weighted by atomic mass is 35.5. The molecule has 0 saturated heterocycles. The van der Waals surface area contributed by atoms with Gasteiger partial charge in [-0.05, 0) is 56.6 Å². The predicted molar refractivity (Wildman–Crippen MR) is 188 cm³/mol. The number of fused-ring (bicyclic) bond motifs is 6. The van der Waals surface area contributed by atoms with Crippen molar-refractivity contribution in [1.82, 2.24) is 19.6 Å². The van der Waals surface area contributed by atoms with E-state index in [-0.39, 0.29) is 0 Å². The van der Waals surface area contributed by atoms with Crippen LogP contribution >= 0.6 is 11.6 Å². The zero-order valence-electron chi connectivity index (χ0n) is 23.8. The Balaban J connectivity index is 1.23. The van der Waals surface area contributed by atoms with Crippen LogP contribution in [0.5, 0.6) is 0 Å². The molecule has 0 saturated carbocycles. The van der Waals surface area contributed by atoms with Crippen molar-refractivity contribution in [2.24, 2.45) is 0 Å². The van der Waals surface area contributed by atoms with Gasteiger partial charge in [0.25, 0.3) is 0 Å². The van der Waals surface area contributed by atoms with Gasteiger partial charge in [0.2, 0.25) is 0 Å². The molecule has 0 atom stereocenters. The number of nitrogens with zero attached hydrogens (tertiary/aromatic N) is 4. The Bertz CT molecular complexity index is 2800. The first kappa shape index (κ1) is 23.7. The molecule has 2 heterocycles. The van der Waals surface area contributed by atoms with E-state index in [9.17, 15) is 0 Å². The van der Waals surface area contributed by atoms with E-state index >= 15 is 0 Å². The minimum atomic E-state index is 0.603. The van der Waals surface area contributed by atoms with Crippen LogP contribution in [0.15, 0.2) is 127 Å². The topological polar surface area (TPSA) is 35.6 Å². The summed E-state index contributed by atoms with van der Waals surface area (Å²) in [7, 11) is 0. The minimum Gasteiger partial charge on any atom is -0.231 e. The second kappa shape index (κ2) is 8.26. The Morgan fingerprint density at radius 3 is 1.29 bits per heavy atom. The smallest absolute Gasteiger partial charge is 0.102 e. The van der Waals surface area contributed by atoms with Gasteiger partial charge in [-0.15, -0.1) is 0 Å². The summed E-state index contributed by atoms with van der Waals surface area (Å²) < 4.78 is 4.03. The Labute approximate surface area is 260 Å². The highest BCUT2D eigenvalue weighted by Crippen LogP contribution is 2.44. The maximum absolute atomic E-state index is 7.42. The second-order valence-electron chi connectivity index (χ2n) is 11.9. The zero-order valence-corrected chi connectivity index (χ0v) is 24.5. The van der Waals surface area contributed by atoms with Crippen LogP contribution < -0.4 is 0 Å². The average molecular weight is 593 g/mol. The lowest BCUT2D eigenvalue weighted by atomic mass is 9.94. The Hall–Kier alpha value is -5.71. The van der Waals surface area contributed by atoms with E-state index in [1.54, 1.807) is 0 Å². The Kier molecular flexibility index (Phi) is 4.35. The molecular formula is C40H21ClN4. The summed E-state index contributed by atoms with van der Waals surface area (Å²) in [6.45, 7) is 0. The fraction of sp³-hybridized carbons (Fsp3) is 0. The van der Waals surface area contributed by atoms with E-state index in [0.717, 1.165) is 55.0 Å². The van der Waals surface area contributed by atoms with E-state index in [1.165, 1.54) is 43.1 Å². The molecule has 0 radical (unpaired) electrons. The SMILES string of the molecule is Clc1c(-n2nc3c4ccccc4c4cccc5ccc2c3c54)cccc1-n1nc2c3ccccc3c3cccc4ccc1c2c43. The first-order chi connectivity index (χ1) is 22.3. The predicted octanol–water partition coefficient (Wildman–Crippen LogP) is 10.8. The maximum Gasteiger partial charge on any atom is 0.102 e. The van der Waals surface area contributed by atoms with Crippen LogP contribution in [0.3, 0.4) is 0 Å². The van der Waals surface area contributed by atoms with Crippen molar-refractivity contribution in [3.05, 3.63) is 132 Å². The van der Waals surface area contributed by atoms with Crippen molar-refractivity contribution in [2.45, 2.75) is 0 Å². The molecule has 9 aromatic carbocycles. The zero-order chi connectivity index (χ0) is 29.4. The monoisotopic (exact) mass is 592 g/mol. The molecule has 11 rings (SSSR count). The van der Waals surface area contributed by atoms with Crippen LogP contribution in [0.25, 0.3) is 98.1 Å². The molecule has 0 aliphatic heterocycles. The number of hydrogen-bond acceptors (Lipinski definition) is 2. The largest absolute Gasteiger partial charge is 0.231 e. The third-order valence-electron chi connectivity index (χ3n) is 9.74. The Morgan fingerprint density at radius 2 is 0.800 bits per heavy atom. The van der Waals surface area contributed by atoms with E-state index in [0.29, 0.717) is 5.02 Å². The van der Waals surface area contributed by atoms with Crippen molar-refractivity contribution in [1.29, 1.82) is 0 Å². The molecule has 4 nitrogen and oxygen atoms in total. The van der Waals surface area contributed by atoms with Crippen LogP contribution in [0.1, 0.15) is 0 Å². The Morgan fingerprint density at radius 1 is 0.378 bits per heavy atom. The highest BCUT2D eigenvalue weighted by Gasteiger charge is 2.23. The molecule has 0 amide bonds. The second-order valence-corrected chi connectivity index (χ2v) is 12.3. The molecule has 0 bridgehead atoms. The molecule has 0 N–H and O–H groups in total. The molecule has 45 heavy (non-hydrogen) atoms. The third kappa shape index (κ3) is 2.88. The number of rotatable bonds is 2. The summed E-state index contributed by atoms with van der Waals surface area (Å²) in [5.74, 6) is 0.